The summed E-state index contributed by atoms with van der Waals surface area (Å²) in [5.74, 6) is 0.409. The second-order valence-corrected chi connectivity index (χ2v) is 6.00. The molecule has 0 aliphatic rings. The van der Waals surface area contributed by atoms with Crippen LogP contribution in [0.3, 0.4) is 0 Å². The molecular formula is C19H18ClN3O2. The molecule has 25 heavy (non-hydrogen) atoms. The number of halogens is 1. The van der Waals surface area contributed by atoms with E-state index in [9.17, 15) is 4.79 Å². The summed E-state index contributed by atoms with van der Waals surface area (Å²) in [5.41, 5.74) is 1.88. The van der Waals surface area contributed by atoms with Crippen molar-refractivity contribution in [3.05, 3.63) is 77.6 Å². The zero-order valence-electron chi connectivity index (χ0n) is 13.7. The third-order valence-electron chi connectivity index (χ3n) is 3.62. The molecule has 0 aliphatic carbocycles. The number of rotatable bonds is 6. The SMILES string of the molecule is CC(Oc1ccc(Cl)cc1)C(=O)NCc1cnn(-c2ccccc2)c1. The molecule has 1 N–H and O–H groups in total. The molecule has 1 atom stereocenters. The number of aromatic nitrogens is 2. The summed E-state index contributed by atoms with van der Waals surface area (Å²) in [5, 5.41) is 7.78. The van der Waals surface area contributed by atoms with E-state index in [-0.39, 0.29) is 5.91 Å². The topological polar surface area (TPSA) is 56.1 Å². The van der Waals surface area contributed by atoms with Crippen molar-refractivity contribution in [3.63, 3.8) is 0 Å². The van der Waals surface area contributed by atoms with E-state index >= 15 is 0 Å². The largest absolute Gasteiger partial charge is 0.481 e. The molecule has 6 heteroatoms. The van der Waals surface area contributed by atoms with Gasteiger partial charge in [0.25, 0.3) is 5.91 Å². The number of benzene rings is 2. The molecule has 1 aromatic heterocycles. The Hall–Kier alpha value is -2.79. The minimum atomic E-state index is -0.606. The summed E-state index contributed by atoms with van der Waals surface area (Å²) in [6.45, 7) is 2.09. The first-order chi connectivity index (χ1) is 12.1. The van der Waals surface area contributed by atoms with Crippen LogP contribution in [0.2, 0.25) is 5.02 Å². The summed E-state index contributed by atoms with van der Waals surface area (Å²) in [6.07, 6.45) is 3.02. The number of amides is 1. The van der Waals surface area contributed by atoms with Crippen molar-refractivity contribution >= 4 is 17.5 Å². The van der Waals surface area contributed by atoms with Crippen molar-refractivity contribution in [2.75, 3.05) is 0 Å². The van der Waals surface area contributed by atoms with Gasteiger partial charge in [0, 0.05) is 23.3 Å². The Kier molecular flexibility index (Phi) is 5.36. The Morgan fingerprint density at radius 2 is 1.92 bits per heavy atom. The highest BCUT2D eigenvalue weighted by Gasteiger charge is 2.14. The van der Waals surface area contributed by atoms with Crippen LogP contribution >= 0.6 is 11.6 Å². The predicted molar refractivity (Wildman–Crippen MR) is 97.0 cm³/mol. The molecular weight excluding hydrogens is 338 g/mol. The van der Waals surface area contributed by atoms with Gasteiger partial charge in [-0.25, -0.2) is 4.68 Å². The van der Waals surface area contributed by atoms with E-state index in [0.29, 0.717) is 17.3 Å². The van der Waals surface area contributed by atoms with Gasteiger partial charge in [0.05, 0.1) is 11.9 Å². The molecule has 128 valence electrons. The zero-order chi connectivity index (χ0) is 17.6. The van der Waals surface area contributed by atoms with Crippen LogP contribution < -0.4 is 10.1 Å². The van der Waals surface area contributed by atoms with Gasteiger partial charge in [0.2, 0.25) is 0 Å². The Labute approximate surface area is 151 Å². The fourth-order valence-corrected chi connectivity index (χ4v) is 2.40. The van der Waals surface area contributed by atoms with Gasteiger partial charge >= 0.3 is 0 Å². The highest BCUT2D eigenvalue weighted by atomic mass is 35.5. The maximum Gasteiger partial charge on any atom is 0.261 e. The monoisotopic (exact) mass is 355 g/mol. The Morgan fingerprint density at radius 1 is 1.20 bits per heavy atom. The molecule has 0 fully saturated rings. The third kappa shape index (κ3) is 4.61. The number of hydrogen-bond acceptors (Lipinski definition) is 3. The highest BCUT2D eigenvalue weighted by Crippen LogP contribution is 2.16. The first-order valence-corrected chi connectivity index (χ1v) is 8.28. The lowest BCUT2D eigenvalue weighted by molar-refractivity contribution is -0.127. The zero-order valence-corrected chi connectivity index (χ0v) is 14.5. The van der Waals surface area contributed by atoms with Gasteiger partial charge in [0.1, 0.15) is 5.75 Å². The van der Waals surface area contributed by atoms with Crippen molar-refractivity contribution in [1.82, 2.24) is 15.1 Å². The maximum atomic E-state index is 12.2. The fourth-order valence-electron chi connectivity index (χ4n) is 2.28. The van der Waals surface area contributed by atoms with Crippen LogP contribution in [0.15, 0.2) is 67.0 Å². The molecule has 2 aromatic carbocycles. The van der Waals surface area contributed by atoms with Crippen LogP contribution in [-0.4, -0.2) is 21.8 Å². The van der Waals surface area contributed by atoms with Gasteiger partial charge in [-0.2, -0.15) is 5.10 Å². The summed E-state index contributed by atoms with van der Waals surface area (Å²) in [6, 6.07) is 16.7. The van der Waals surface area contributed by atoms with E-state index in [4.69, 9.17) is 16.3 Å². The standard InChI is InChI=1S/C19H18ClN3O2/c1-14(25-18-9-7-16(20)8-10-18)19(24)21-11-15-12-22-23(13-15)17-5-3-2-4-6-17/h2-10,12-14H,11H2,1H3,(H,21,24). The van der Waals surface area contributed by atoms with Crippen molar-refractivity contribution in [1.29, 1.82) is 0 Å². The number of para-hydroxylation sites is 1. The molecule has 1 unspecified atom stereocenters. The van der Waals surface area contributed by atoms with Gasteiger partial charge in [-0.3, -0.25) is 4.79 Å². The van der Waals surface area contributed by atoms with Crippen molar-refractivity contribution in [2.24, 2.45) is 0 Å². The second kappa shape index (κ2) is 7.85. The average molecular weight is 356 g/mol. The molecule has 0 bridgehead atoms. The minimum absolute atomic E-state index is 0.192. The van der Waals surface area contributed by atoms with Gasteiger partial charge in [-0.05, 0) is 43.3 Å². The number of carbonyl (C=O) groups excluding carboxylic acids is 1. The molecule has 0 saturated heterocycles. The predicted octanol–water partition coefficient (Wildman–Crippen LogP) is 3.61. The van der Waals surface area contributed by atoms with E-state index in [1.54, 1.807) is 42.1 Å². The quantitative estimate of drug-likeness (QED) is 0.735. The molecule has 1 heterocycles. The molecule has 0 saturated carbocycles. The van der Waals surface area contributed by atoms with Gasteiger partial charge < -0.3 is 10.1 Å². The molecule has 0 spiro atoms. The van der Waals surface area contributed by atoms with Crippen molar-refractivity contribution in [3.8, 4) is 11.4 Å². The molecule has 3 aromatic rings. The molecule has 3 rings (SSSR count). The lowest BCUT2D eigenvalue weighted by atomic mass is 10.3. The van der Waals surface area contributed by atoms with E-state index in [2.05, 4.69) is 10.4 Å². The fraction of sp³-hybridized carbons (Fsp3) is 0.158. The Bertz CT molecular complexity index is 831. The number of nitrogens with zero attached hydrogens (tertiary/aromatic N) is 2. The maximum absolute atomic E-state index is 12.2. The first-order valence-electron chi connectivity index (χ1n) is 7.91. The van der Waals surface area contributed by atoms with Crippen LogP contribution in [0.4, 0.5) is 0 Å². The van der Waals surface area contributed by atoms with E-state index in [1.807, 2.05) is 36.5 Å². The number of carbonyl (C=O) groups is 1. The van der Waals surface area contributed by atoms with Gasteiger partial charge in [-0.1, -0.05) is 29.8 Å². The number of nitrogens with one attached hydrogen (secondary N) is 1. The van der Waals surface area contributed by atoms with Crippen molar-refractivity contribution < 1.29 is 9.53 Å². The highest BCUT2D eigenvalue weighted by molar-refractivity contribution is 6.30. The van der Waals surface area contributed by atoms with Gasteiger partial charge in [0.15, 0.2) is 6.10 Å². The summed E-state index contributed by atoms with van der Waals surface area (Å²) in [7, 11) is 0. The smallest absolute Gasteiger partial charge is 0.261 e. The number of hydrogen-bond donors (Lipinski definition) is 1. The average Bonchev–Trinajstić information content (AvgIpc) is 3.11. The summed E-state index contributed by atoms with van der Waals surface area (Å²) in [4.78, 5) is 12.2. The van der Waals surface area contributed by atoms with Gasteiger partial charge in [-0.15, -0.1) is 0 Å². The summed E-state index contributed by atoms with van der Waals surface area (Å²) >= 11 is 5.83. The van der Waals surface area contributed by atoms with Crippen LogP contribution in [-0.2, 0) is 11.3 Å². The van der Waals surface area contributed by atoms with Crippen LogP contribution in [0.25, 0.3) is 5.69 Å². The van der Waals surface area contributed by atoms with Crippen LogP contribution in [0, 0.1) is 0 Å². The third-order valence-corrected chi connectivity index (χ3v) is 3.87. The van der Waals surface area contributed by atoms with Crippen LogP contribution in [0.1, 0.15) is 12.5 Å². The molecule has 0 radical (unpaired) electrons. The lowest BCUT2D eigenvalue weighted by Gasteiger charge is -2.14. The molecule has 1 amide bonds. The van der Waals surface area contributed by atoms with E-state index in [1.165, 1.54) is 0 Å². The molecule has 0 aliphatic heterocycles. The molecule has 5 nitrogen and oxygen atoms in total. The Morgan fingerprint density at radius 3 is 2.64 bits per heavy atom. The van der Waals surface area contributed by atoms with Crippen molar-refractivity contribution in [2.45, 2.75) is 19.6 Å². The van der Waals surface area contributed by atoms with Crippen LogP contribution in [0.5, 0.6) is 5.75 Å². The second-order valence-electron chi connectivity index (χ2n) is 5.56. The minimum Gasteiger partial charge on any atom is -0.481 e. The lowest BCUT2D eigenvalue weighted by Crippen LogP contribution is -2.35. The van der Waals surface area contributed by atoms with E-state index in [0.717, 1.165) is 11.3 Å². The Balaban J connectivity index is 1.53. The normalized spacial score (nSPS) is 11.8. The number of ether oxygens (including phenoxy) is 1. The summed E-state index contributed by atoms with van der Waals surface area (Å²) < 4.78 is 7.38. The van der Waals surface area contributed by atoms with E-state index < -0.39 is 6.10 Å². The first kappa shape index (κ1) is 17.0.